The van der Waals surface area contributed by atoms with Crippen molar-refractivity contribution in [2.24, 2.45) is 5.92 Å². The molecule has 0 aliphatic carbocycles. The van der Waals surface area contributed by atoms with Crippen LogP contribution in [0.2, 0.25) is 0 Å². The number of hydrogen-bond acceptors (Lipinski definition) is 2. The minimum Gasteiger partial charge on any atom is -0.395 e. The molecule has 0 heterocycles. The third-order valence-corrected chi connectivity index (χ3v) is 2.51. The van der Waals surface area contributed by atoms with Crippen LogP contribution in [0.1, 0.15) is 40.0 Å². The molecule has 0 aromatic heterocycles. The highest BCUT2D eigenvalue weighted by Gasteiger charge is 2.07. The molecule has 2 nitrogen and oxygen atoms in total. The fraction of sp³-hybridized carbons (Fsp3) is 1.00. The summed E-state index contributed by atoms with van der Waals surface area (Å²) in [5.74, 6) is 0.753. The maximum absolute atomic E-state index is 8.88. The summed E-state index contributed by atoms with van der Waals surface area (Å²) < 4.78 is 0. The smallest absolute Gasteiger partial charge is 0.0558 e. The van der Waals surface area contributed by atoms with Gasteiger partial charge in [-0.15, -0.1) is 0 Å². The van der Waals surface area contributed by atoms with Crippen molar-refractivity contribution in [3.8, 4) is 0 Å². The van der Waals surface area contributed by atoms with E-state index in [-0.39, 0.29) is 0 Å². The number of unbranched alkanes of at least 4 members (excludes halogenated alkanes) is 1. The highest BCUT2D eigenvalue weighted by atomic mass is 16.3. The standard InChI is InChI=1S/C11H25NO/c1-4-6-7-12(8-9-13)10-11(3)5-2/h11,13H,4-10H2,1-3H3. The van der Waals surface area contributed by atoms with Crippen LogP contribution in [0.15, 0.2) is 0 Å². The van der Waals surface area contributed by atoms with Crippen LogP contribution in [0, 0.1) is 5.92 Å². The lowest BCUT2D eigenvalue weighted by atomic mass is 10.1. The van der Waals surface area contributed by atoms with Crippen LogP contribution in [-0.4, -0.2) is 36.2 Å². The molecular weight excluding hydrogens is 162 g/mol. The summed E-state index contributed by atoms with van der Waals surface area (Å²) in [7, 11) is 0. The lowest BCUT2D eigenvalue weighted by molar-refractivity contribution is 0.175. The maximum atomic E-state index is 8.88. The monoisotopic (exact) mass is 187 g/mol. The second-order valence-corrected chi connectivity index (χ2v) is 3.89. The summed E-state index contributed by atoms with van der Waals surface area (Å²) in [5.41, 5.74) is 0. The largest absolute Gasteiger partial charge is 0.395 e. The predicted octanol–water partition coefficient (Wildman–Crippen LogP) is 2.13. The Labute approximate surface area is 82.9 Å². The molecule has 13 heavy (non-hydrogen) atoms. The molecular formula is C11H25NO. The highest BCUT2D eigenvalue weighted by molar-refractivity contribution is 4.61. The third-order valence-electron chi connectivity index (χ3n) is 2.51. The molecule has 0 fully saturated rings. The quantitative estimate of drug-likeness (QED) is 0.629. The Kier molecular flexibility index (Phi) is 8.46. The highest BCUT2D eigenvalue weighted by Crippen LogP contribution is 2.05. The van der Waals surface area contributed by atoms with Gasteiger partial charge < -0.3 is 10.0 Å². The van der Waals surface area contributed by atoms with Crippen molar-refractivity contribution in [3.05, 3.63) is 0 Å². The first-order valence-corrected chi connectivity index (χ1v) is 5.57. The van der Waals surface area contributed by atoms with Gasteiger partial charge in [0.1, 0.15) is 0 Å². The van der Waals surface area contributed by atoms with Crippen molar-refractivity contribution in [2.75, 3.05) is 26.2 Å². The fourth-order valence-electron chi connectivity index (χ4n) is 1.39. The van der Waals surface area contributed by atoms with Gasteiger partial charge in [0.05, 0.1) is 6.61 Å². The molecule has 80 valence electrons. The number of hydrogen-bond donors (Lipinski definition) is 1. The molecule has 0 aliphatic heterocycles. The van der Waals surface area contributed by atoms with Crippen LogP contribution in [0.4, 0.5) is 0 Å². The average Bonchev–Trinajstić information content (AvgIpc) is 2.14. The van der Waals surface area contributed by atoms with Crippen molar-refractivity contribution in [2.45, 2.75) is 40.0 Å². The first-order valence-electron chi connectivity index (χ1n) is 5.57. The van der Waals surface area contributed by atoms with E-state index in [1.165, 1.54) is 19.3 Å². The zero-order valence-corrected chi connectivity index (χ0v) is 9.42. The molecule has 0 radical (unpaired) electrons. The molecule has 0 rings (SSSR count). The minimum absolute atomic E-state index is 0.292. The minimum atomic E-state index is 0.292. The van der Waals surface area contributed by atoms with Gasteiger partial charge in [0.25, 0.3) is 0 Å². The SMILES string of the molecule is CCCCN(CCO)CC(C)CC. The number of nitrogens with zero attached hydrogens (tertiary/aromatic N) is 1. The molecule has 0 saturated heterocycles. The van der Waals surface area contributed by atoms with Gasteiger partial charge in [0, 0.05) is 13.1 Å². The van der Waals surface area contributed by atoms with Crippen LogP contribution >= 0.6 is 0 Å². The molecule has 1 atom stereocenters. The molecule has 1 N–H and O–H groups in total. The van der Waals surface area contributed by atoms with E-state index in [0.29, 0.717) is 6.61 Å². The lowest BCUT2D eigenvalue weighted by Crippen LogP contribution is -2.32. The maximum Gasteiger partial charge on any atom is 0.0558 e. The van der Waals surface area contributed by atoms with Gasteiger partial charge in [-0.05, 0) is 18.9 Å². The normalized spacial score (nSPS) is 13.6. The van der Waals surface area contributed by atoms with Gasteiger partial charge in [-0.1, -0.05) is 33.6 Å². The van der Waals surface area contributed by atoms with Crippen LogP contribution in [0.3, 0.4) is 0 Å². The van der Waals surface area contributed by atoms with E-state index in [0.717, 1.165) is 25.6 Å². The van der Waals surface area contributed by atoms with E-state index >= 15 is 0 Å². The van der Waals surface area contributed by atoms with E-state index in [1.807, 2.05) is 0 Å². The van der Waals surface area contributed by atoms with E-state index in [9.17, 15) is 0 Å². The van der Waals surface area contributed by atoms with Crippen molar-refractivity contribution in [1.29, 1.82) is 0 Å². The van der Waals surface area contributed by atoms with Gasteiger partial charge in [-0.25, -0.2) is 0 Å². The Morgan fingerprint density at radius 1 is 1.23 bits per heavy atom. The van der Waals surface area contributed by atoms with Crippen molar-refractivity contribution in [3.63, 3.8) is 0 Å². The van der Waals surface area contributed by atoms with E-state index in [4.69, 9.17) is 5.11 Å². The zero-order valence-electron chi connectivity index (χ0n) is 9.42. The summed E-state index contributed by atoms with van der Waals surface area (Å²) >= 11 is 0. The summed E-state index contributed by atoms with van der Waals surface area (Å²) in [6.07, 6.45) is 3.72. The Hall–Kier alpha value is -0.0800. The zero-order chi connectivity index (χ0) is 10.1. The van der Waals surface area contributed by atoms with Gasteiger partial charge in [0.15, 0.2) is 0 Å². The Balaban J connectivity index is 3.65. The Morgan fingerprint density at radius 3 is 2.38 bits per heavy atom. The third kappa shape index (κ3) is 7.03. The van der Waals surface area contributed by atoms with Crippen molar-refractivity contribution < 1.29 is 5.11 Å². The molecule has 1 unspecified atom stereocenters. The molecule has 0 aromatic rings. The number of aliphatic hydroxyl groups excluding tert-OH is 1. The van der Waals surface area contributed by atoms with E-state index in [2.05, 4.69) is 25.7 Å². The molecule has 0 amide bonds. The molecule has 0 saturated carbocycles. The fourth-order valence-corrected chi connectivity index (χ4v) is 1.39. The summed E-state index contributed by atoms with van der Waals surface area (Å²) in [6, 6.07) is 0. The summed E-state index contributed by atoms with van der Waals surface area (Å²) in [6.45, 7) is 10.1. The molecule has 0 spiro atoms. The van der Waals surface area contributed by atoms with Crippen molar-refractivity contribution in [1.82, 2.24) is 4.90 Å². The predicted molar refractivity (Wildman–Crippen MR) is 57.9 cm³/mol. The Bertz CT molecular complexity index is 106. The Morgan fingerprint density at radius 2 is 1.92 bits per heavy atom. The molecule has 0 bridgehead atoms. The van der Waals surface area contributed by atoms with Crippen LogP contribution in [0.5, 0.6) is 0 Å². The van der Waals surface area contributed by atoms with Crippen LogP contribution < -0.4 is 0 Å². The molecule has 0 aliphatic rings. The van der Waals surface area contributed by atoms with Crippen LogP contribution in [0.25, 0.3) is 0 Å². The first kappa shape index (κ1) is 12.9. The van der Waals surface area contributed by atoms with E-state index in [1.54, 1.807) is 0 Å². The van der Waals surface area contributed by atoms with Gasteiger partial charge in [0.2, 0.25) is 0 Å². The van der Waals surface area contributed by atoms with Crippen LogP contribution in [-0.2, 0) is 0 Å². The average molecular weight is 187 g/mol. The second-order valence-electron chi connectivity index (χ2n) is 3.89. The van der Waals surface area contributed by atoms with Gasteiger partial charge >= 0.3 is 0 Å². The summed E-state index contributed by atoms with van der Waals surface area (Å²) in [5, 5.41) is 8.88. The lowest BCUT2D eigenvalue weighted by Gasteiger charge is -2.24. The number of rotatable bonds is 8. The van der Waals surface area contributed by atoms with E-state index < -0.39 is 0 Å². The van der Waals surface area contributed by atoms with Crippen molar-refractivity contribution >= 4 is 0 Å². The summed E-state index contributed by atoms with van der Waals surface area (Å²) in [4.78, 5) is 2.37. The molecule has 0 aromatic carbocycles. The second kappa shape index (κ2) is 8.52. The molecule has 2 heteroatoms. The topological polar surface area (TPSA) is 23.5 Å². The first-order chi connectivity index (χ1) is 6.24. The van der Waals surface area contributed by atoms with Gasteiger partial charge in [-0.3, -0.25) is 0 Å². The number of aliphatic hydroxyl groups is 1. The van der Waals surface area contributed by atoms with Gasteiger partial charge in [-0.2, -0.15) is 0 Å².